The summed E-state index contributed by atoms with van der Waals surface area (Å²) in [7, 11) is 2.16. The van der Waals surface area contributed by atoms with E-state index in [0.29, 0.717) is 0 Å². The van der Waals surface area contributed by atoms with Crippen molar-refractivity contribution in [3.8, 4) is 0 Å². The van der Waals surface area contributed by atoms with Crippen molar-refractivity contribution < 1.29 is 0 Å². The predicted molar refractivity (Wildman–Crippen MR) is 142 cm³/mol. The van der Waals surface area contributed by atoms with Crippen molar-refractivity contribution in [2.24, 2.45) is 4.99 Å². The molecule has 32 heavy (non-hydrogen) atoms. The first-order valence-electron chi connectivity index (χ1n) is 10.8. The summed E-state index contributed by atoms with van der Waals surface area (Å²) in [6.45, 7) is 21.9. The van der Waals surface area contributed by atoms with Gasteiger partial charge in [0, 0.05) is 65.8 Å². The number of allylic oxidation sites excluding steroid dienone is 7. The Morgan fingerprint density at radius 3 is 2.31 bits per heavy atom. The lowest BCUT2D eigenvalue weighted by Gasteiger charge is -2.34. The van der Waals surface area contributed by atoms with Crippen LogP contribution in [0.1, 0.15) is 26.3 Å². The molecular formula is C27H35ClN4. The fraction of sp³-hybridized carbons (Fsp3) is 0.296. The Morgan fingerprint density at radius 1 is 1.03 bits per heavy atom. The third-order valence-corrected chi connectivity index (χ3v) is 5.47. The van der Waals surface area contributed by atoms with Crippen LogP contribution < -0.4 is 10.2 Å². The Labute approximate surface area is 198 Å². The molecule has 0 bridgehead atoms. The van der Waals surface area contributed by atoms with Gasteiger partial charge in [-0.2, -0.15) is 0 Å². The summed E-state index contributed by atoms with van der Waals surface area (Å²) in [5, 5.41) is 3.97. The van der Waals surface area contributed by atoms with Crippen LogP contribution in [0.3, 0.4) is 0 Å². The van der Waals surface area contributed by atoms with Gasteiger partial charge in [-0.1, -0.05) is 49.6 Å². The molecule has 1 heterocycles. The molecule has 1 N–H and O–H groups in total. The maximum atomic E-state index is 6.48. The first-order chi connectivity index (χ1) is 15.2. The van der Waals surface area contributed by atoms with Crippen LogP contribution >= 0.6 is 11.6 Å². The van der Waals surface area contributed by atoms with E-state index in [1.54, 1.807) is 6.21 Å². The Bertz CT molecular complexity index is 973. The van der Waals surface area contributed by atoms with Gasteiger partial charge in [-0.3, -0.25) is 4.99 Å². The van der Waals surface area contributed by atoms with Crippen molar-refractivity contribution >= 4 is 29.1 Å². The van der Waals surface area contributed by atoms with Crippen LogP contribution in [0, 0.1) is 0 Å². The molecule has 0 aliphatic carbocycles. The molecule has 0 amide bonds. The highest BCUT2D eigenvalue weighted by Gasteiger charge is 2.15. The zero-order valence-electron chi connectivity index (χ0n) is 19.8. The van der Waals surface area contributed by atoms with E-state index in [4.69, 9.17) is 11.6 Å². The van der Waals surface area contributed by atoms with Crippen molar-refractivity contribution in [1.29, 1.82) is 0 Å². The van der Waals surface area contributed by atoms with Crippen molar-refractivity contribution in [1.82, 2.24) is 10.2 Å². The van der Waals surface area contributed by atoms with E-state index in [1.807, 2.05) is 51.1 Å². The van der Waals surface area contributed by atoms with E-state index < -0.39 is 0 Å². The molecule has 1 aliphatic heterocycles. The molecule has 170 valence electrons. The lowest BCUT2D eigenvalue weighted by atomic mass is 10.0. The maximum Gasteiger partial charge on any atom is 0.0432 e. The smallest absolute Gasteiger partial charge is 0.0432 e. The number of nitrogens with zero attached hydrogens (tertiary/aromatic N) is 3. The Kier molecular flexibility index (Phi) is 9.76. The van der Waals surface area contributed by atoms with Crippen molar-refractivity contribution in [2.45, 2.75) is 20.8 Å². The molecule has 0 atom stereocenters. The van der Waals surface area contributed by atoms with Crippen LogP contribution in [0.4, 0.5) is 5.69 Å². The number of piperazine rings is 1. The van der Waals surface area contributed by atoms with Crippen LogP contribution in [-0.4, -0.2) is 44.3 Å². The molecule has 1 aromatic carbocycles. The van der Waals surface area contributed by atoms with Crippen molar-refractivity contribution in [3.63, 3.8) is 0 Å². The van der Waals surface area contributed by atoms with Crippen LogP contribution in [0.15, 0.2) is 89.9 Å². The number of hydrogen-bond acceptors (Lipinski definition) is 4. The van der Waals surface area contributed by atoms with Crippen molar-refractivity contribution in [2.75, 3.05) is 38.1 Å². The molecule has 1 aromatic rings. The zero-order chi connectivity index (χ0) is 23.7. The van der Waals surface area contributed by atoms with Crippen LogP contribution in [0.25, 0.3) is 5.57 Å². The SMILES string of the molecule is C=C(C)N=C/C(=C\C)C(=C)NC(=C)/C=C\C(=C/C)c1cc(Cl)cc(N2CCN(C)CC2)c1. The molecule has 1 fully saturated rings. The van der Waals surface area contributed by atoms with Crippen LogP contribution in [0.5, 0.6) is 0 Å². The van der Waals surface area contributed by atoms with Gasteiger partial charge in [0.1, 0.15) is 0 Å². The van der Waals surface area contributed by atoms with Gasteiger partial charge in [-0.25, -0.2) is 0 Å². The number of aliphatic imine (C=N–C) groups is 1. The molecule has 0 aromatic heterocycles. The lowest BCUT2D eigenvalue weighted by molar-refractivity contribution is 0.313. The fourth-order valence-electron chi connectivity index (χ4n) is 3.35. The minimum atomic E-state index is 0.731. The molecule has 0 spiro atoms. The van der Waals surface area contributed by atoms with E-state index in [-0.39, 0.29) is 0 Å². The number of rotatable bonds is 9. The third kappa shape index (κ3) is 7.70. The monoisotopic (exact) mass is 450 g/mol. The number of hydrogen-bond donors (Lipinski definition) is 1. The van der Waals surface area contributed by atoms with E-state index in [9.17, 15) is 0 Å². The molecule has 0 unspecified atom stereocenters. The van der Waals surface area contributed by atoms with Crippen LogP contribution in [0.2, 0.25) is 5.02 Å². The molecule has 5 heteroatoms. The summed E-state index contributed by atoms with van der Waals surface area (Å²) in [5.41, 5.74) is 6.42. The highest BCUT2D eigenvalue weighted by molar-refractivity contribution is 6.31. The average Bonchev–Trinajstić information content (AvgIpc) is 2.74. The summed E-state index contributed by atoms with van der Waals surface area (Å²) in [6.07, 6.45) is 9.76. The molecule has 1 aliphatic rings. The summed E-state index contributed by atoms with van der Waals surface area (Å²) >= 11 is 6.48. The van der Waals surface area contributed by atoms with E-state index in [2.05, 4.69) is 59.0 Å². The van der Waals surface area contributed by atoms with Gasteiger partial charge in [-0.05, 0) is 63.2 Å². The summed E-state index contributed by atoms with van der Waals surface area (Å²) in [4.78, 5) is 8.98. The molecule has 0 saturated carbocycles. The molecule has 1 saturated heterocycles. The Hall–Kier alpha value is -2.82. The van der Waals surface area contributed by atoms with Crippen molar-refractivity contribution in [3.05, 3.63) is 95.5 Å². The van der Waals surface area contributed by atoms with Gasteiger partial charge >= 0.3 is 0 Å². The minimum absolute atomic E-state index is 0.731. The van der Waals surface area contributed by atoms with Gasteiger partial charge in [0.15, 0.2) is 0 Å². The number of halogens is 1. The minimum Gasteiger partial charge on any atom is -0.369 e. The normalized spacial score (nSPS) is 16.1. The Balaban J connectivity index is 2.12. The van der Waals surface area contributed by atoms with E-state index in [1.165, 1.54) is 0 Å². The summed E-state index contributed by atoms with van der Waals surface area (Å²) in [6, 6.07) is 6.25. The van der Waals surface area contributed by atoms with Gasteiger partial charge < -0.3 is 15.1 Å². The van der Waals surface area contributed by atoms with Gasteiger partial charge in [-0.15, -0.1) is 0 Å². The van der Waals surface area contributed by atoms with Crippen LogP contribution in [-0.2, 0) is 0 Å². The number of benzene rings is 1. The summed E-state index contributed by atoms with van der Waals surface area (Å²) < 4.78 is 0. The van der Waals surface area contributed by atoms with Gasteiger partial charge in [0.25, 0.3) is 0 Å². The Morgan fingerprint density at radius 2 is 1.72 bits per heavy atom. The predicted octanol–water partition coefficient (Wildman–Crippen LogP) is 6.22. The summed E-state index contributed by atoms with van der Waals surface area (Å²) in [5.74, 6) is 0. The highest BCUT2D eigenvalue weighted by atomic mass is 35.5. The van der Waals surface area contributed by atoms with Gasteiger partial charge in [0.2, 0.25) is 0 Å². The average molecular weight is 451 g/mol. The highest BCUT2D eigenvalue weighted by Crippen LogP contribution is 2.28. The number of nitrogens with one attached hydrogen (secondary N) is 1. The first-order valence-corrected chi connectivity index (χ1v) is 11.2. The molecule has 4 nitrogen and oxygen atoms in total. The molecule has 0 radical (unpaired) electrons. The third-order valence-electron chi connectivity index (χ3n) is 5.25. The first kappa shape index (κ1) is 25.4. The fourth-order valence-corrected chi connectivity index (χ4v) is 3.58. The quantitative estimate of drug-likeness (QED) is 0.358. The second-order valence-corrected chi connectivity index (χ2v) is 8.37. The zero-order valence-corrected chi connectivity index (χ0v) is 20.5. The standard InChI is InChI=1S/C27H35ClN4/c1-8-23(11-10-21(5)30-22(6)24(9-2)19-29-20(3)4)25-16-26(28)18-27(17-25)32-14-12-31(7)13-15-32/h8-11,16-19,30H,3,5-6,12-15H2,1-2,4,7H3/b11-10-,23-8+,24-9+,29-19?. The molecular weight excluding hydrogens is 416 g/mol. The molecule has 2 rings (SSSR count). The van der Waals surface area contributed by atoms with E-state index in [0.717, 1.165) is 70.7 Å². The largest absolute Gasteiger partial charge is 0.369 e. The topological polar surface area (TPSA) is 30.9 Å². The van der Waals surface area contributed by atoms with E-state index >= 15 is 0 Å². The lowest BCUT2D eigenvalue weighted by Crippen LogP contribution is -2.44. The maximum absolute atomic E-state index is 6.48. The second kappa shape index (κ2) is 12.3. The number of likely N-dealkylation sites (N-methyl/N-ethyl adjacent to an activating group) is 1. The number of anilines is 1. The second-order valence-electron chi connectivity index (χ2n) is 7.93. The van der Waals surface area contributed by atoms with Gasteiger partial charge in [0.05, 0.1) is 0 Å².